The van der Waals surface area contributed by atoms with Crippen LogP contribution < -0.4 is 19.5 Å². The maximum atomic E-state index is 13.1. The van der Waals surface area contributed by atoms with Crippen molar-refractivity contribution < 1.29 is 28.9 Å². The van der Waals surface area contributed by atoms with Gasteiger partial charge in [-0.15, -0.1) is 0 Å². The second-order valence-corrected chi connectivity index (χ2v) is 8.04. The van der Waals surface area contributed by atoms with Gasteiger partial charge in [0.05, 0.1) is 19.8 Å². The number of halogens is 1. The number of aliphatic hydroxyl groups excluding tert-OH is 1. The normalized spacial score (nSPS) is 21.5. The standard InChI is InChI=1S/C22H23ClN2O6/c1-22(14-3-8-18-19(11-14)30-10-2-9-29-18)20(27)25(21(28)24-22)12-16(26)13-31-17-6-4-15(23)5-7-17/h3-8,11,16,26H,2,9-10,12-13H2,1H3,(H,24,28). The Labute approximate surface area is 184 Å². The molecule has 0 aromatic heterocycles. The van der Waals surface area contributed by atoms with Crippen molar-refractivity contribution >= 4 is 23.5 Å². The summed E-state index contributed by atoms with van der Waals surface area (Å²) in [4.78, 5) is 26.7. The molecule has 2 atom stereocenters. The number of carbonyl (C=O) groups excluding carboxylic acids is 2. The fourth-order valence-corrected chi connectivity index (χ4v) is 3.65. The SMILES string of the molecule is CC1(c2ccc3c(c2)OCCCO3)NC(=O)N(CC(O)COc2ccc(Cl)cc2)C1=O. The highest BCUT2D eigenvalue weighted by Crippen LogP contribution is 2.36. The summed E-state index contributed by atoms with van der Waals surface area (Å²) in [7, 11) is 0. The molecule has 2 aliphatic rings. The highest BCUT2D eigenvalue weighted by molar-refractivity contribution is 6.30. The Morgan fingerprint density at radius 3 is 2.61 bits per heavy atom. The molecule has 0 radical (unpaired) electrons. The minimum atomic E-state index is -1.28. The summed E-state index contributed by atoms with van der Waals surface area (Å²) < 4.78 is 16.8. The van der Waals surface area contributed by atoms with Crippen LogP contribution in [0.4, 0.5) is 4.79 Å². The molecule has 2 unspecified atom stereocenters. The number of carbonyl (C=O) groups is 2. The fourth-order valence-electron chi connectivity index (χ4n) is 3.52. The van der Waals surface area contributed by atoms with E-state index in [4.69, 9.17) is 25.8 Å². The minimum Gasteiger partial charge on any atom is -0.491 e. The van der Waals surface area contributed by atoms with Gasteiger partial charge in [-0.1, -0.05) is 17.7 Å². The molecule has 2 aliphatic heterocycles. The lowest BCUT2D eigenvalue weighted by Gasteiger charge is -2.24. The molecule has 9 heteroatoms. The molecule has 2 aromatic rings. The van der Waals surface area contributed by atoms with Gasteiger partial charge in [0.15, 0.2) is 11.5 Å². The zero-order valence-electron chi connectivity index (χ0n) is 17.0. The third-order valence-electron chi connectivity index (χ3n) is 5.25. The average Bonchev–Trinajstić information content (AvgIpc) is 2.92. The first kappa shape index (κ1) is 21.3. The lowest BCUT2D eigenvalue weighted by Crippen LogP contribution is -2.42. The van der Waals surface area contributed by atoms with E-state index in [0.29, 0.717) is 41.0 Å². The van der Waals surface area contributed by atoms with E-state index in [1.54, 1.807) is 49.4 Å². The monoisotopic (exact) mass is 446 g/mol. The quantitative estimate of drug-likeness (QED) is 0.662. The predicted molar refractivity (Wildman–Crippen MR) is 113 cm³/mol. The second-order valence-electron chi connectivity index (χ2n) is 7.60. The second kappa shape index (κ2) is 8.64. The Morgan fingerprint density at radius 1 is 1.16 bits per heavy atom. The van der Waals surface area contributed by atoms with Crippen molar-refractivity contribution in [1.82, 2.24) is 10.2 Å². The molecule has 1 saturated heterocycles. The molecule has 2 heterocycles. The number of imide groups is 1. The van der Waals surface area contributed by atoms with E-state index in [-0.39, 0.29) is 13.2 Å². The number of hydrogen-bond donors (Lipinski definition) is 2. The summed E-state index contributed by atoms with van der Waals surface area (Å²) >= 11 is 5.84. The minimum absolute atomic E-state index is 0.0839. The van der Waals surface area contributed by atoms with Gasteiger partial charge in [0.2, 0.25) is 0 Å². The Balaban J connectivity index is 1.44. The molecular weight excluding hydrogens is 424 g/mol. The number of hydrogen-bond acceptors (Lipinski definition) is 6. The van der Waals surface area contributed by atoms with Gasteiger partial charge in [-0.2, -0.15) is 0 Å². The van der Waals surface area contributed by atoms with Crippen molar-refractivity contribution in [2.75, 3.05) is 26.4 Å². The van der Waals surface area contributed by atoms with E-state index in [2.05, 4.69) is 5.32 Å². The molecule has 3 amide bonds. The lowest BCUT2D eigenvalue weighted by molar-refractivity contribution is -0.132. The Bertz CT molecular complexity index is 982. The van der Waals surface area contributed by atoms with Crippen molar-refractivity contribution in [3.05, 3.63) is 53.1 Å². The van der Waals surface area contributed by atoms with Gasteiger partial charge in [0, 0.05) is 11.4 Å². The van der Waals surface area contributed by atoms with Gasteiger partial charge in [-0.25, -0.2) is 4.79 Å². The highest BCUT2D eigenvalue weighted by Gasteiger charge is 2.49. The largest absolute Gasteiger partial charge is 0.491 e. The van der Waals surface area contributed by atoms with Crippen LogP contribution in [0.5, 0.6) is 17.2 Å². The molecular formula is C22H23ClN2O6. The third kappa shape index (κ3) is 4.40. The summed E-state index contributed by atoms with van der Waals surface area (Å²) in [5.41, 5.74) is -0.706. The third-order valence-corrected chi connectivity index (χ3v) is 5.50. The summed E-state index contributed by atoms with van der Waals surface area (Å²) in [5.74, 6) is 1.21. The molecule has 0 saturated carbocycles. The number of urea groups is 1. The van der Waals surface area contributed by atoms with E-state index in [1.807, 2.05) is 0 Å². The molecule has 31 heavy (non-hydrogen) atoms. The predicted octanol–water partition coefficient (Wildman–Crippen LogP) is 2.71. The van der Waals surface area contributed by atoms with Gasteiger partial charge in [0.1, 0.15) is 24.0 Å². The molecule has 0 spiro atoms. The molecule has 0 bridgehead atoms. The van der Waals surface area contributed by atoms with Gasteiger partial charge in [-0.3, -0.25) is 9.69 Å². The number of amides is 3. The number of aliphatic hydroxyl groups is 1. The van der Waals surface area contributed by atoms with Gasteiger partial charge >= 0.3 is 6.03 Å². The van der Waals surface area contributed by atoms with E-state index in [1.165, 1.54) is 0 Å². The molecule has 2 aromatic carbocycles. The van der Waals surface area contributed by atoms with Crippen LogP contribution in [0.2, 0.25) is 5.02 Å². The Hall–Kier alpha value is -2.97. The maximum Gasteiger partial charge on any atom is 0.325 e. The Morgan fingerprint density at radius 2 is 1.87 bits per heavy atom. The molecule has 0 aliphatic carbocycles. The number of nitrogens with one attached hydrogen (secondary N) is 1. The molecule has 8 nitrogen and oxygen atoms in total. The first-order valence-electron chi connectivity index (χ1n) is 9.97. The van der Waals surface area contributed by atoms with Gasteiger partial charge < -0.3 is 24.6 Å². The summed E-state index contributed by atoms with van der Waals surface area (Å²) in [6.07, 6.45) is -0.294. The van der Waals surface area contributed by atoms with Crippen LogP contribution in [0.1, 0.15) is 18.9 Å². The molecule has 164 valence electrons. The zero-order chi connectivity index (χ0) is 22.0. The van der Waals surface area contributed by atoms with Gasteiger partial charge in [0.25, 0.3) is 5.91 Å². The number of ether oxygens (including phenoxy) is 3. The van der Waals surface area contributed by atoms with Crippen LogP contribution in [0, 0.1) is 0 Å². The lowest BCUT2D eigenvalue weighted by atomic mass is 9.91. The summed E-state index contributed by atoms with van der Waals surface area (Å²) in [5, 5.41) is 13.6. The topological polar surface area (TPSA) is 97.3 Å². The molecule has 4 rings (SSSR count). The first-order chi connectivity index (χ1) is 14.9. The van der Waals surface area contributed by atoms with Crippen LogP contribution in [-0.4, -0.2) is 54.4 Å². The number of nitrogens with zero attached hydrogens (tertiary/aromatic N) is 1. The van der Waals surface area contributed by atoms with E-state index in [9.17, 15) is 14.7 Å². The highest BCUT2D eigenvalue weighted by atomic mass is 35.5. The zero-order valence-corrected chi connectivity index (χ0v) is 17.7. The van der Waals surface area contributed by atoms with Crippen LogP contribution in [0.3, 0.4) is 0 Å². The molecule has 2 N–H and O–H groups in total. The van der Waals surface area contributed by atoms with E-state index >= 15 is 0 Å². The first-order valence-corrected chi connectivity index (χ1v) is 10.4. The fraction of sp³-hybridized carbons (Fsp3) is 0.364. The van der Waals surface area contributed by atoms with Crippen LogP contribution in [0.25, 0.3) is 0 Å². The number of rotatable bonds is 6. The number of β-amino-alcohol motifs (C(OH)–C–C–N with tert-alkyl or cyclic N) is 1. The van der Waals surface area contributed by atoms with Gasteiger partial charge in [-0.05, 0) is 48.9 Å². The van der Waals surface area contributed by atoms with Crippen LogP contribution >= 0.6 is 11.6 Å². The van der Waals surface area contributed by atoms with Crippen molar-refractivity contribution in [3.8, 4) is 17.2 Å². The van der Waals surface area contributed by atoms with Crippen molar-refractivity contribution in [2.45, 2.75) is 25.0 Å². The Kier molecular flexibility index (Phi) is 5.93. The summed E-state index contributed by atoms with van der Waals surface area (Å²) in [6, 6.07) is 11.3. The summed E-state index contributed by atoms with van der Waals surface area (Å²) in [6.45, 7) is 2.42. The maximum absolute atomic E-state index is 13.1. The van der Waals surface area contributed by atoms with E-state index in [0.717, 1.165) is 11.3 Å². The van der Waals surface area contributed by atoms with Crippen LogP contribution in [-0.2, 0) is 10.3 Å². The number of fused-ring (bicyclic) bond motifs is 1. The smallest absolute Gasteiger partial charge is 0.325 e. The van der Waals surface area contributed by atoms with Crippen molar-refractivity contribution in [3.63, 3.8) is 0 Å². The van der Waals surface area contributed by atoms with E-state index < -0.39 is 23.6 Å². The van der Waals surface area contributed by atoms with Crippen LogP contribution in [0.15, 0.2) is 42.5 Å². The average molecular weight is 447 g/mol. The number of benzene rings is 2. The van der Waals surface area contributed by atoms with Crippen molar-refractivity contribution in [1.29, 1.82) is 0 Å². The van der Waals surface area contributed by atoms with Crippen molar-refractivity contribution in [2.24, 2.45) is 0 Å². The molecule has 1 fully saturated rings.